The van der Waals surface area contributed by atoms with E-state index in [1.165, 1.54) is 24.0 Å². The summed E-state index contributed by atoms with van der Waals surface area (Å²) < 4.78 is 0. The zero-order chi connectivity index (χ0) is 13.9. The van der Waals surface area contributed by atoms with Crippen molar-refractivity contribution in [3.05, 3.63) is 35.4 Å². The molecule has 0 spiro atoms. The van der Waals surface area contributed by atoms with E-state index in [2.05, 4.69) is 56.0 Å². The number of hydrogen-bond donors (Lipinski definition) is 0. The molecule has 0 saturated carbocycles. The number of benzene rings is 1. The highest BCUT2D eigenvalue weighted by molar-refractivity contribution is 5.21. The number of hydrogen-bond acceptors (Lipinski definition) is 2. The van der Waals surface area contributed by atoms with Gasteiger partial charge >= 0.3 is 0 Å². The Hall–Kier alpha value is -1.33. The summed E-state index contributed by atoms with van der Waals surface area (Å²) in [4.78, 5) is 2.54. The lowest BCUT2D eigenvalue weighted by atomic mass is 9.83. The maximum absolute atomic E-state index is 8.89. The van der Waals surface area contributed by atoms with Gasteiger partial charge in [-0.15, -0.1) is 0 Å². The van der Waals surface area contributed by atoms with Crippen LogP contribution in [0, 0.1) is 24.2 Å². The van der Waals surface area contributed by atoms with Crippen molar-refractivity contribution in [2.75, 3.05) is 6.54 Å². The first-order chi connectivity index (χ1) is 9.01. The number of likely N-dealkylation sites (tertiary alicyclic amines) is 1. The Morgan fingerprint density at radius 3 is 2.63 bits per heavy atom. The van der Waals surface area contributed by atoms with E-state index < -0.39 is 0 Å². The molecule has 1 atom stereocenters. The van der Waals surface area contributed by atoms with Gasteiger partial charge in [0.1, 0.15) is 0 Å². The van der Waals surface area contributed by atoms with Gasteiger partial charge in [0.25, 0.3) is 0 Å². The van der Waals surface area contributed by atoms with Crippen LogP contribution in [0.25, 0.3) is 0 Å². The van der Waals surface area contributed by atoms with Gasteiger partial charge in [-0.2, -0.15) is 5.26 Å². The largest absolute Gasteiger partial charge is 0.294 e. The maximum Gasteiger partial charge on any atom is 0.0625 e. The fourth-order valence-electron chi connectivity index (χ4n) is 2.85. The van der Waals surface area contributed by atoms with Crippen LogP contribution in [-0.4, -0.2) is 17.0 Å². The summed E-state index contributed by atoms with van der Waals surface area (Å²) >= 11 is 0. The van der Waals surface area contributed by atoms with E-state index in [0.717, 1.165) is 13.1 Å². The van der Waals surface area contributed by atoms with Crippen LogP contribution in [0.2, 0.25) is 0 Å². The minimum absolute atomic E-state index is 0.247. The van der Waals surface area contributed by atoms with Crippen molar-refractivity contribution in [3.63, 3.8) is 0 Å². The van der Waals surface area contributed by atoms with Gasteiger partial charge in [-0.1, -0.05) is 29.8 Å². The van der Waals surface area contributed by atoms with E-state index in [1.807, 2.05) is 0 Å². The predicted molar refractivity (Wildman–Crippen MR) is 78.6 cm³/mol. The molecule has 1 aromatic rings. The lowest BCUT2D eigenvalue weighted by Gasteiger charge is -2.45. The fraction of sp³-hybridized carbons (Fsp3) is 0.588. The first kappa shape index (κ1) is 14.1. The van der Waals surface area contributed by atoms with Crippen LogP contribution in [0.5, 0.6) is 0 Å². The highest BCUT2D eigenvalue weighted by Crippen LogP contribution is 2.33. The molecule has 2 rings (SSSR count). The topological polar surface area (TPSA) is 27.0 Å². The highest BCUT2D eigenvalue weighted by Gasteiger charge is 2.33. The van der Waals surface area contributed by atoms with E-state index in [9.17, 15) is 0 Å². The summed E-state index contributed by atoms with van der Waals surface area (Å²) in [5, 5.41) is 8.89. The second-order valence-electron chi connectivity index (χ2n) is 6.45. The van der Waals surface area contributed by atoms with Gasteiger partial charge in [-0.3, -0.25) is 4.90 Å². The minimum atomic E-state index is 0.247. The Kier molecular flexibility index (Phi) is 4.27. The van der Waals surface area contributed by atoms with Crippen molar-refractivity contribution >= 4 is 0 Å². The molecule has 1 aromatic carbocycles. The molecule has 2 heteroatoms. The summed E-state index contributed by atoms with van der Waals surface area (Å²) in [6, 6.07) is 11.1. The van der Waals surface area contributed by atoms with Crippen molar-refractivity contribution in [1.29, 1.82) is 5.26 Å². The number of aryl methyl sites for hydroxylation is 1. The molecule has 0 N–H and O–H groups in total. The zero-order valence-corrected chi connectivity index (χ0v) is 12.3. The third-order valence-electron chi connectivity index (χ3n) is 4.37. The Morgan fingerprint density at radius 2 is 2.00 bits per heavy atom. The third-order valence-corrected chi connectivity index (χ3v) is 4.37. The average molecular weight is 256 g/mol. The molecule has 2 nitrogen and oxygen atoms in total. The van der Waals surface area contributed by atoms with E-state index in [4.69, 9.17) is 5.26 Å². The molecule has 1 aliphatic rings. The van der Waals surface area contributed by atoms with Crippen molar-refractivity contribution in [2.45, 2.75) is 52.1 Å². The molecule has 1 heterocycles. The van der Waals surface area contributed by atoms with Gasteiger partial charge in [-0.05, 0) is 45.1 Å². The summed E-state index contributed by atoms with van der Waals surface area (Å²) in [5.41, 5.74) is 2.93. The zero-order valence-electron chi connectivity index (χ0n) is 12.3. The van der Waals surface area contributed by atoms with Crippen molar-refractivity contribution in [3.8, 4) is 6.07 Å². The molecule has 0 amide bonds. The van der Waals surface area contributed by atoms with Crippen molar-refractivity contribution in [2.24, 2.45) is 5.92 Å². The lowest BCUT2D eigenvalue weighted by Crippen LogP contribution is -2.49. The highest BCUT2D eigenvalue weighted by atomic mass is 15.2. The molecule has 0 radical (unpaired) electrons. The van der Waals surface area contributed by atoms with Gasteiger partial charge in [0.15, 0.2) is 0 Å². The molecule has 1 fully saturated rings. The predicted octanol–water partition coefficient (Wildman–Crippen LogP) is 3.90. The van der Waals surface area contributed by atoms with Gasteiger partial charge in [-0.25, -0.2) is 0 Å². The van der Waals surface area contributed by atoms with Gasteiger partial charge in [0, 0.05) is 25.0 Å². The Morgan fingerprint density at radius 1 is 1.32 bits per heavy atom. The second kappa shape index (κ2) is 5.75. The molecular formula is C17H24N2. The molecule has 0 aliphatic carbocycles. The molecule has 19 heavy (non-hydrogen) atoms. The van der Waals surface area contributed by atoms with E-state index in [0.29, 0.717) is 12.3 Å². The second-order valence-corrected chi connectivity index (χ2v) is 6.45. The first-order valence-corrected chi connectivity index (χ1v) is 7.19. The van der Waals surface area contributed by atoms with Crippen LogP contribution < -0.4 is 0 Å². The first-order valence-electron chi connectivity index (χ1n) is 7.19. The standard InChI is InChI=1S/C17H24N2/c1-14-4-6-15(7-5-14)12-19-13-16(9-11-18)8-10-17(19,2)3/h4-7,16H,8-10,12-13H2,1-3H3. The molecule has 1 saturated heterocycles. The Bertz CT molecular complexity index is 453. The Balaban J connectivity index is 2.07. The van der Waals surface area contributed by atoms with Crippen LogP contribution in [0.3, 0.4) is 0 Å². The maximum atomic E-state index is 8.89. The number of nitriles is 1. The van der Waals surface area contributed by atoms with Gasteiger partial charge < -0.3 is 0 Å². The number of rotatable bonds is 3. The normalized spacial score (nSPS) is 22.9. The van der Waals surface area contributed by atoms with E-state index in [-0.39, 0.29) is 5.54 Å². The number of nitrogens with zero attached hydrogens (tertiary/aromatic N) is 2. The molecule has 1 unspecified atom stereocenters. The van der Waals surface area contributed by atoms with Crippen LogP contribution in [0.15, 0.2) is 24.3 Å². The van der Waals surface area contributed by atoms with E-state index >= 15 is 0 Å². The quantitative estimate of drug-likeness (QED) is 0.820. The lowest BCUT2D eigenvalue weighted by molar-refractivity contribution is 0.0391. The molecule has 1 aliphatic heterocycles. The van der Waals surface area contributed by atoms with Crippen LogP contribution in [-0.2, 0) is 6.54 Å². The SMILES string of the molecule is Cc1ccc(CN2CC(CC#N)CCC2(C)C)cc1. The van der Waals surface area contributed by atoms with Gasteiger partial charge in [0.05, 0.1) is 6.07 Å². The van der Waals surface area contributed by atoms with Crippen LogP contribution >= 0.6 is 0 Å². The van der Waals surface area contributed by atoms with Crippen molar-refractivity contribution in [1.82, 2.24) is 4.90 Å². The minimum Gasteiger partial charge on any atom is -0.294 e. The number of piperidine rings is 1. The van der Waals surface area contributed by atoms with Crippen LogP contribution in [0.1, 0.15) is 44.2 Å². The Labute approximate surface area is 117 Å². The molecule has 102 valence electrons. The molecule has 0 aromatic heterocycles. The summed E-state index contributed by atoms with van der Waals surface area (Å²) in [6.45, 7) is 8.81. The van der Waals surface area contributed by atoms with Gasteiger partial charge in [0.2, 0.25) is 0 Å². The average Bonchev–Trinajstić information content (AvgIpc) is 2.37. The summed E-state index contributed by atoms with van der Waals surface area (Å²) in [5.74, 6) is 0.545. The van der Waals surface area contributed by atoms with E-state index in [1.54, 1.807) is 0 Å². The summed E-state index contributed by atoms with van der Waals surface area (Å²) in [6.07, 6.45) is 3.07. The monoisotopic (exact) mass is 256 g/mol. The molecular weight excluding hydrogens is 232 g/mol. The fourth-order valence-corrected chi connectivity index (χ4v) is 2.85. The van der Waals surface area contributed by atoms with Crippen molar-refractivity contribution < 1.29 is 0 Å². The summed E-state index contributed by atoms with van der Waals surface area (Å²) in [7, 11) is 0. The third kappa shape index (κ3) is 3.58. The smallest absolute Gasteiger partial charge is 0.0625 e. The molecule has 0 bridgehead atoms. The van der Waals surface area contributed by atoms with Crippen LogP contribution in [0.4, 0.5) is 0 Å².